The van der Waals surface area contributed by atoms with Gasteiger partial charge in [-0.1, -0.05) is 0 Å². The smallest absolute Gasteiger partial charge is 0.186 e. The van der Waals surface area contributed by atoms with Crippen LogP contribution < -0.4 is 10.1 Å². The molecule has 1 aliphatic rings. The summed E-state index contributed by atoms with van der Waals surface area (Å²) < 4.78 is 29.6. The molecule has 1 saturated heterocycles. The van der Waals surface area contributed by atoms with Crippen LogP contribution >= 0.6 is 0 Å². The molecular formula is C11H17N3O4S. The molecule has 0 bridgehead atoms. The van der Waals surface area contributed by atoms with Crippen molar-refractivity contribution in [1.29, 1.82) is 0 Å². The van der Waals surface area contributed by atoms with Crippen molar-refractivity contribution >= 4 is 15.6 Å². The number of aryl methyl sites for hydroxylation is 1. The number of ether oxygens (including phenoxy) is 1. The average molecular weight is 287 g/mol. The lowest BCUT2D eigenvalue weighted by molar-refractivity contribution is 0.0959. The minimum absolute atomic E-state index is 0.00108. The van der Waals surface area contributed by atoms with E-state index in [1.807, 2.05) is 0 Å². The van der Waals surface area contributed by atoms with Crippen molar-refractivity contribution in [3.8, 4) is 5.75 Å². The Labute approximate surface area is 111 Å². The molecule has 19 heavy (non-hydrogen) atoms. The number of nitrogens with zero attached hydrogens (tertiary/aromatic N) is 2. The number of methoxy groups -OCH3 is 1. The molecular weight excluding hydrogens is 270 g/mol. The van der Waals surface area contributed by atoms with Crippen molar-refractivity contribution in [3.05, 3.63) is 11.9 Å². The van der Waals surface area contributed by atoms with E-state index in [4.69, 9.17) is 4.74 Å². The van der Waals surface area contributed by atoms with Crippen molar-refractivity contribution < 1.29 is 17.9 Å². The first kappa shape index (κ1) is 14.0. The van der Waals surface area contributed by atoms with Crippen LogP contribution in [-0.4, -0.2) is 55.2 Å². The summed E-state index contributed by atoms with van der Waals surface area (Å²) in [6, 6.07) is -0.342. The van der Waals surface area contributed by atoms with Crippen LogP contribution in [0.25, 0.3) is 0 Å². The molecule has 2 rings (SSSR count). The third-order valence-electron chi connectivity index (χ3n) is 3.12. The van der Waals surface area contributed by atoms with Crippen LogP contribution in [0.5, 0.6) is 5.75 Å². The number of hydrogen-bond donors (Lipinski definition) is 1. The molecule has 1 aliphatic heterocycles. The number of ketones is 1. The summed E-state index contributed by atoms with van der Waals surface area (Å²) in [6.45, 7) is 0.392. The van der Waals surface area contributed by atoms with E-state index >= 15 is 0 Å². The monoisotopic (exact) mass is 287 g/mol. The molecule has 0 spiro atoms. The second kappa shape index (κ2) is 5.30. The molecule has 0 aromatic carbocycles. The molecule has 2 heterocycles. The van der Waals surface area contributed by atoms with Crippen molar-refractivity contribution in [2.75, 3.05) is 25.2 Å². The third-order valence-corrected chi connectivity index (χ3v) is 4.86. The van der Waals surface area contributed by atoms with Gasteiger partial charge in [-0.15, -0.1) is 0 Å². The first-order valence-corrected chi connectivity index (χ1v) is 7.78. The Morgan fingerprint density at radius 3 is 3.00 bits per heavy atom. The number of rotatable bonds is 4. The second-order valence-electron chi connectivity index (χ2n) is 4.58. The predicted octanol–water partition coefficient (Wildman–Crippen LogP) is -0.612. The predicted molar refractivity (Wildman–Crippen MR) is 69.2 cm³/mol. The quantitative estimate of drug-likeness (QED) is 0.743. The van der Waals surface area contributed by atoms with E-state index < -0.39 is 9.84 Å². The molecule has 7 nitrogen and oxygen atoms in total. The van der Waals surface area contributed by atoms with Crippen molar-refractivity contribution in [3.63, 3.8) is 0 Å². The van der Waals surface area contributed by atoms with Gasteiger partial charge in [-0.3, -0.25) is 9.48 Å². The highest BCUT2D eigenvalue weighted by atomic mass is 32.2. The van der Waals surface area contributed by atoms with Crippen LogP contribution in [0.15, 0.2) is 6.20 Å². The van der Waals surface area contributed by atoms with Crippen LogP contribution in [0.2, 0.25) is 0 Å². The molecule has 1 aromatic rings. The molecule has 1 N–H and O–H groups in total. The number of Topliss-reactive ketones (excluding diaryl/α,β-unsaturated/α-hetero) is 1. The Kier molecular flexibility index (Phi) is 3.91. The highest BCUT2D eigenvalue weighted by Gasteiger charge is 2.28. The van der Waals surface area contributed by atoms with Gasteiger partial charge in [0.2, 0.25) is 0 Å². The van der Waals surface area contributed by atoms with E-state index in [1.54, 1.807) is 7.05 Å². The van der Waals surface area contributed by atoms with Gasteiger partial charge in [-0.05, 0) is 0 Å². The number of hydrogen-bond acceptors (Lipinski definition) is 6. The van der Waals surface area contributed by atoms with Crippen LogP contribution in [0.3, 0.4) is 0 Å². The highest BCUT2D eigenvalue weighted by molar-refractivity contribution is 7.91. The van der Waals surface area contributed by atoms with Gasteiger partial charge in [0.25, 0.3) is 0 Å². The molecule has 0 amide bonds. The van der Waals surface area contributed by atoms with Gasteiger partial charge in [-0.25, -0.2) is 8.42 Å². The van der Waals surface area contributed by atoms with Crippen LogP contribution in [0.4, 0.5) is 0 Å². The summed E-state index contributed by atoms with van der Waals surface area (Å²) in [5.41, 5.74) is 0.368. The highest BCUT2D eigenvalue weighted by Crippen LogP contribution is 2.19. The van der Waals surface area contributed by atoms with E-state index in [0.29, 0.717) is 18.0 Å². The van der Waals surface area contributed by atoms with Gasteiger partial charge in [0, 0.05) is 26.1 Å². The lowest BCUT2D eigenvalue weighted by Crippen LogP contribution is -2.46. The molecule has 8 heteroatoms. The Bertz CT molecular complexity index is 579. The maximum Gasteiger partial charge on any atom is 0.186 e. The minimum atomic E-state index is -3.04. The number of nitrogens with one attached hydrogen (secondary N) is 1. The lowest BCUT2D eigenvalue weighted by atomic mass is 10.1. The summed E-state index contributed by atoms with van der Waals surface area (Å²) in [6.07, 6.45) is 1.59. The van der Waals surface area contributed by atoms with Gasteiger partial charge >= 0.3 is 0 Å². The van der Waals surface area contributed by atoms with Crippen LogP contribution in [0.1, 0.15) is 16.9 Å². The fourth-order valence-electron chi connectivity index (χ4n) is 2.20. The van der Waals surface area contributed by atoms with Crippen molar-refractivity contribution in [1.82, 2.24) is 15.1 Å². The maximum absolute atomic E-state index is 12.2. The standard InChI is InChI=1S/C11H17N3O4S/c1-14-11(10(18-2)6-13-14)9(15)5-8-7-19(16,17)4-3-12-8/h6,8,12H,3-5,7H2,1-2H3. The average Bonchev–Trinajstić information content (AvgIpc) is 2.69. The zero-order chi connectivity index (χ0) is 14.0. The van der Waals surface area contributed by atoms with Crippen LogP contribution in [-0.2, 0) is 16.9 Å². The van der Waals surface area contributed by atoms with Gasteiger partial charge in [0.15, 0.2) is 21.4 Å². The number of aromatic nitrogens is 2. The molecule has 1 fully saturated rings. The number of carbonyl (C=O) groups is 1. The minimum Gasteiger partial charge on any atom is -0.493 e. The second-order valence-corrected chi connectivity index (χ2v) is 6.81. The van der Waals surface area contributed by atoms with E-state index in [0.717, 1.165) is 0 Å². The Morgan fingerprint density at radius 1 is 1.63 bits per heavy atom. The van der Waals surface area contributed by atoms with Crippen LogP contribution in [0, 0.1) is 0 Å². The number of carbonyl (C=O) groups excluding carboxylic acids is 1. The fraction of sp³-hybridized carbons (Fsp3) is 0.636. The summed E-state index contributed by atoms with van der Waals surface area (Å²) in [4.78, 5) is 12.2. The van der Waals surface area contributed by atoms with E-state index in [-0.39, 0.29) is 29.8 Å². The first-order valence-electron chi connectivity index (χ1n) is 5.96. The van der Waals surface area contributed by atoms with Gasteiger partial charge in [-0.2, -0.15) is 5.10 Å². The first-order chi connectivity index (χ1) is 8.93. The molecule has 1 aromatic heterocycles. The normalized spacial score (nSPS) is 22.1. The Balaban J connectivity index is 2.11. The molecule has 0 radical (unpaired) electrons. The Hall–Kier alpha value is -1.41. The summed E-state index contributed by atoms with van der Waals surface area (Å²) in [5.74, 6) is 0.364. The maximum atomic E-state index is 12.2. The van der Waals surface area contributed by atoms with Gasteiger partial charge in [0.1, 0.15) is 5.69 Å². The van der Waals surface area contributed by atoms with Crippen molar-refractivity contribution in [2.45, 2.75) is 12.5 Å². The Morgan fingerprint density at radius 2 is 2.37 bits per heavy atom. The van der Waals surface area contributed by atoms with Gasteiger partial charge < -0.3 is 10.1 Å². The largest absolute Gasteiger partial charge is 0.493 e. The molecule has 1 atom stereocenters. The summed E-state index contributed by atoms with van der Waals surface area (Å²) >= 11 is 0. The topological polar surface area (TPSA) is 90.3 Å². The van der Waals surface area contributed by atoms with Crippen molar-refractivity contribution in [2.24, 2.45) is 7.05 Å². The molecule has 1 unspecified atom stereocenters. The van der Waals surface area contributed by atoms with E-state index in [9.17, 15) is 13.2 Å². The van der Waals surface area contributed by atoms with E-state index in [1.165, 1.54) is 18.0 Å². The van der Waals surface area contributed by atoms with E-state index in [2.05, 4.69) is 10.4 Å². The zero-order valence-electron chi connectivity index (χ0n) is 10.9. The molecule has 0 aliphatic carbocycles. The molecule has 106 valence electrons. The fourth-order valence-corrected chi connectivity index (χ4v) is 3.65. The molecule has 0 saturated carbocycles. The number of sulfone groups is 1. The zero-order valence-corrected chi connectivity index (χ0v) is 11.7. The summed E-state index contributed by atoms with van der Waals surface area (Å²) in [5, 5.41) is 7.02. The third kappa shape index (κ3) is 3.13. The SMILES string of the molecule is COc1cnn(C)c1C(=O)CC1CS(=O)(=O)CCN1. The van der Waals surface area contributed by atoms with Gasteiger partial charge in [0.05, 0.1) is 24.8 Å². The lowest BCUT2D eigenvalue weighted by Gasteiger charge is -2.23. The summed E-state index contributed by atoms with van der Waals surface area (Å²) in [7, 11) is 0.0824.